The van der Waals surface area contributed by atoms with E-state index in [0.29, 0.717) is 18.7 Å². The van der Waals surface area contributed by atoms with Gasteiger partial charge in [0.15, 0.2) is 5.78 Å². The van der Waals surface area contributed by atoms with Crippen LogP contribution in [-0.2, 0) is 6.54 Å². The van der Waals surface area contributed by atoms with Crippen LogP contribution in [0.3, 0.4) is 0 Å². The molecule has 2 rings (SSSR count). The molecule has 0 fully saturated rings. The summed E-state index contributed by atoms with van der Waals surface area (Å²) in [5.74, 6) is -0.491. The molecule has 0 aliphatic rings. The van der Waals surface area contributed by atoms with Gasteiger partial charge in [0.25, 0.3) is 0 Å². The van der Waals surface area contributed by atoms with Gasteiger partial charge < -0.3 is 4.90 Å². The van der Waals surface area contributed by atoms with Crippen LogP contribution in [0.5, 0.6) is 0 Å². The van der Waals surface area contributed by atoms with Gasteiger partial charge in [0.05, 0.1) is 6.20 Å². The number of rotatable bonds is 6. The van der Waals surface area contributed by atoms with Crippen LogP contribution in [0.1, 0.15) is 28.0 Å². The highest BCUT2D eigenvalue weighted by molar-refractivity contribution is 5.94. The number of aromatic nitrogens is 1. The highest BCUT2D eigenvalue weighted by Gasteiger charge is 2.09. The van der Waals surface area contributed by atoms with Gasteiger partial charge in [-0.25, -0.2) is 4.39 Å². The Morgan fingerprint density at radius 3 is 2.76 bits per heavy atom. The number of carbonyl (C=O) groups excluding carboxylic acids is 1. The number of carbonyl (C=O) groups is 1. The van der Waals surface area contributed by atoms with Crippen molar-refractivity contribution in [2.45, 2.75) is 19.9 Å². The van der Waals surface area contributed by atoms with Gasteiger partial charge in [-0.2, -0.15) is 0 Å². The van der Waals surface area contributed by atoms with Gasteiger partial charge in [0.2, 0.25) is 0 Å². The van der Waals surface area contributed by atoms with Gasteiger partial charge in [-0.1, -0.05) is 29.8 Å². The van der Waals surface area contributed by atoms with E-state index in [4.69, 9.17) is 0 Å². The molecule has 3 nitrogen and oxygen atoms in total. The van der Waals surface area contributed by atoms with Crippen molar-refractivity contribution in [1.82, 2.24) is 9.88 Å². The van der Waals surface area contributed by atoms with Crippen molar-refractivity contribution >= 4 is 5.78 Å². The normalized spacial score (nSPS) is 10.9. The molecule has 0 aliphatic heterocycles. The van der Waals surface area contributed by atoms with Crippen molar-refractivity contribution in [1.29, 1.82) is 0 Å². The second kappa shape index (κ2) is 7.09. The van der Waals surface area contributed by atoms with E-state index in [1.165, 1.54) is 23.3 Å². The van der Waals surface area contributed by atoms with Crippen LogP contribution in [0.15, 0.2) is 42.6 Å². The first-order chi connectivity index (χ1) is 10.0. The Morgan fingerprint density at radius 1 is 1.29 bits per heavy atom. The Labute approximate surface area is 124 Å². The third-order valence-electron chi connectivity index (χ3n) is 3.27. The third-order valence-corrected chi connectivity index (χ3v) is 3.27. The molecule has 0 radical (unpaired) electrons. The van der Waals surface area contributed by atoms with Crippen molar-refractivity contribution in [3.63, 3.8) is 0 Å². The first-order valence-corrected chi connectivity index (χ1v) is 6.93. The molecule has 0 N–H and O–H groups in total. The van der Waals surface area contributed by atoms with Crippen molar-refractivity contribution in [3.05, 3.63) is 65.2 Å². The predicted octanol–water partition coefficient (Wildman–Crippen LogP) is 3.23. The molecule has 1 heterocycles. The van der Waals surface area contributed by atoms with Gasteiger partial charge in [-0.15, -0.1) is 0 Å². The second-order valence-corrected chi connectivity index (χ2v) is 5.26. The summed E-state index contributed by atoms with van der Waals surface area (Å²) in [6, 6.07) is 11.0. The quantitative estimate of drug-likeness (QED) is 0.764. The molecule has 2 aromatic rings. The predicted molar refractivity (Wildman–Crippen MR) is 80.7 cm³/mol. The van der Waals surface area contributed by atoms with Crippen LogP contribution < -0.4 is 0 Å². The summed E-state index contributed by atoms with van der Waals surface area (Å²) in [6.07, 6.45) is 1.45. The number of pyridine rings is 1. The maximum absolute atomic E-state index is 12.8. The molecule has 4 heteroatoms. The summed E-state index contributed by atoms with van der Waals surface area (Å²) in [4.78, 5) is 17.9. The molecule has 21 heavy (non-hydrogen) atoms. The number of hydrogen-bond donors (Lipinski definition) is 0. The van der Waals surface area contributed by atoms with Gasteiger partial charge in [0, 0.05) is 19.5 Å². The molecular formula is C17H19FN2O. The highest BCUT2D eigenvalue weighted by atomic mass is 19.1. The average molecular weight is 286 g/mol. The standard InChI is InChI=1S/C17H19FN2O/c1-13-4-3-5-14(10-13)12-20(2)9-8-17(21)16-7-6-15(18)11-19-16/h3-7,10-11H,8-9,12H2,1-2H3. The maximum atomic E-state index is 12.8. The monoisotopic (exact) mass is 286 g/mol. The molecule has 0 amide bonds. The number of hydrogen-bond acceptors (Lipinski definition) is 3. The molecule has 0 bridgehead atoms. The Hall–Kier alpha value is -2.07. The molecule has 0 saturated heterocycles. The molecule has 0 saturated carbocycles. The third kappa shape index (κ3) is 4.76. The van der Waals surface area contributed by atoms with Crippen LogP contribution in [0.4, 0.5) is 4.39 Å². The Bertz CT molecular complexity index is 610. The zero-order valence-corrected chi connectivity index (χ0v) is 12.3. The SMILES string of the molecule is Cc1cccc(CN(C)CCC(=O)c2ccc(F)cn2)c1. The van der Waals surface area contributed by atoms with Crippen LogP contribution in [-0.4, -0.2) is 29.3 Å². The van der Waals surface area contributed by atoms with Crippen LogP contribution >= 0.6 is 0 Å². The Balaban J connectivity index is 1.84. The van der Waals surface area contributed by atoms with Crippen LogP contribution in [0.2, 0.25) is 0 Å². The Morgan fingerprint density at radius 2 is 2.10 bits per heavy atom. The second-order valence-electron chi connectivity index (χ2n) is 5.26. The Kier molecular flexibility index (Phi) is 5.17. The summed E-state index contributed by atoms with van der Waals surface area (Å²) in [7, 11) is 1.98. The summed E-state index contributed by atoms with van der Waals surface area (Å²) < 4.78 is 12.8. The highest BCUT2D eigenvalue weighted by Crippen LogP contribution is 2.08. The fraction of sp³-hybridized carbons (Fsp3) is 0.294. The average Bonchev–Trinajstić information content (AvgIpc) is 2.45. The van der Waals surface area contributed by atoms with Gasteiger partial charge in [0.1, 0.15) is 11.5 Å². The lowest BCUT2D eigenvalue weighted by molar-refractivity contribution is 0.0963. The topological polar surface area (TPSA) is 33.2 Å². The summed E-state index contributed by atoms with van der Waals surface area (Å²) >= 11 is 0. The van der Waals surface area contributed by atoms with E-state index in [1.54, 1.807) is 0 Å². The van der Waals surface area contributed by atoms with E-state index >= 15 is 0 Å². The van der Waals surface area contributed by atoms with E-state index in [9.17, 15) is 9.18 Å². The van der Waals surface area contributed by atoms with E-state index in [1.807, 2.05) is 13.1 Å². The largest absolute Gasteiger partial charge is 0.302 e. The molecule has 0 spiro atoms. The summed E-state index contributed by atoms with van der Waals surface area (Å²) in [6.45, 7) is 3.50. The summed E-state index contributed by atoms with van der Waals surface area (Å²) in [5, 5.41) is 0. The molecule has 0 unspecified atom stereocenters. The minimum absolute atomic E-state index is 0.0638. The molecular weight excluding hydrogens is 267 g/mol. The first-order valence-electron chi connectivity index (χ1n) is 6.93. The van der Waals surface area contributed by atoms with E-state index < -0.39 is 5.82 Å². The van der Waals surface area contributed by atoms with Crippen molar-refractivity contribution < 1.29 is 9.18 Å². The number of nitrogens with zero attached hydrogens (tertiary/aromatic N) is 2. The van der Waals surface area contributed by atoms with Crippen LogP contribution in [0, 0.1) is 12.7 Å². The van der Waals surface area contributed by atoms with E-state index in [0.717, 1.165) is 12.7 Å². The zero-order valence-electron chi connectivity index (χ0n) is 12.3. The minimum Gasteiger partial charge on any atom is -0.302 e. The van der Waals surface area contributed by atoms with Gasteiger partial charge >= 0.3 is 0 Å². The fourth-order valence-electron chi connectivity index (χ4n) is 2.16. The lowest BCUT2D eigenvalue weighted by Crippen LogP contribution is -2.21. The fourth-order valence-corrected chi connectivity index (χ4v) is 2.16. The van der Waals surface area contributed by atoms with E-state index in [2.05, 4.69) is 35.0 Å². The molecule has 0 aliphatic carbocycles. The first kappa shape index (κ1) is 15.3. The number of aryl methyl sites for hydroxylation is 1. The molecule has 1 aromatic heterocycles. The van der Waals surface area contributed by atoms with Crippen molar-refractivity contribution in [3.8, 4) is 0 Å². The van der Waals surface area contributed by atoms with Crippen LogP contribution in [0.25, 0.3) is 0 Å². The lowest BCUT2D eigenvalue weighted by Gasteiger charge is -2.16. The lowest BCUT2D eigenvalue weighted by atomic mass is 10.1. The molecule has 0 atom stereocenters. The van der Waals surface area contributed by atoms with Gasteiger partial charge in [-0.3, -0.25) is 9.78 Å². The van der Waals surface area contributed by atoms with Gasteiger partial charge in [-0.05, 0) is 31.7 Å². The number of halogens is 1. The molecule has 110 valence electrons. The number of benzene rings is 1. The van der Waals surface area contributed by atoms with E-state index in [-0.39, 0.29) is 5.78 Å². The van der Waals surface area contributed by atoms with Crippen molar-refractivity contribution in [2.75, 3.05) is 13.6 Å². The minimum atomic E-state index is -0.428. The number of ketones is 1. The maximum Gasteiger partial charge on any atom is 0.182 e. The number of Topliss-reactive ketones (excluding diaryl/α,β-unsaturated/α-hetero) is 1. The zero-order chi connectivity index (χ0) is 15.2. The molecule has 1 aromatic carbocycles. The smallest absolute Gasteiger partial charge is 0.182 e. The van der Waals surface area contributed by atoms with Crippen molar-refractivity contribution in [2.24, 2.45) is 0 Å². The summed E-state index contributed by atoms with van der Waals surface area (Å²) in [5.41, 5.74) is 2.78.